The molecule has 0 aromatic heterocycles. The largest absolute Gasteiger partial charge is 0.480 e. The number of aliphatic hydroxyl groups is 1. The average Bonchev–Trinajstić information content (AvgIpc) is 2.30. The molecule has 0 saturated heterocycles. The van der Waals surface area contributed by atoms with Gasteiger partial charge < -0.3 is 26.2 Å². The molecule has 8 nitrogen and oxygen atoms in total. The van der Waals surface area contributed by atoms with Crippen LogP contribution in [0.2, 0.25) is 0 Å². The van der Waals surface area contributed by atoms with Crippen molar-refractivity contribution in [3.8, 4) is 0 Å². The second-order valence-corrected chi connectivity index (χ2v) is 4.10. The molecule has 0 spiro atoms. The van der Waals surface area contributed by atoms with E-state index in [4.69, 9.17) is 10.2 Å². The number of urea groups is 1. The summed E-state index contributed by atoms with van der Waals surface area (Å²) in [6.45, 7) is 3.38. The standard InChI is InChI=1S/C10H19N3O5/c1-6(2)3-11-8(15)4-12-10(18)13-7(5-14)9(16)17/h6-7,14H,3-5H2,1-2H3,(H,11,15)(H,16,17)(H2,12,13,18)/t7-/m0/s1. The molecule has 0 heterocycles. The molecule has 5 N–H and O–H groups in total. The lowest BCUT2D eigenvalue weighted by atomic mass is 10.2. The van der Waals surface area contributed by atoms with Gasteiger partial charge in [-0.1, -0.05) is 13.8 Å². The minimum absolute atomic E-state index is 0.254. The first-order valence-electron chi connectivity index (χ1n) is 5.51. The van der Waals surface area contributed by atoms with E-state index in [1.807, 2.05) is 19.2 Å². The summed E-state index contributed by atoms with van der Waals surface area (Å²) in [5, 5.41) is 24.0. The molecule has 0 fully saturated rings. The minimum atomic E-state index is -1.39. The second kappa shape index (κ2) is 8.29. The Bertz CT molecular complexity index is 306. The number of carboxylic acid groups (broad SMARTS) is 1. The predicted octanol–water partition coefficient (Wildman–Crippen LogP) is -1.50. The molecule has 0 rings (SSSR count). The topological polar surface area (TPSA) is 128 Å². The van der Waals surface area contributed by atoms with Crippen LogP contribution in [0.15, 0.2) is 0 Å². The second-order valence-electron chi connectivity index (χ2n) is 4.10. The molecule has 0 saturated carbocycles. The predicted molar refractivity (Wildman–Crippen MR) is 62.9 cm³/mol. The van der Waals surface area contributed by atoms with Crippen molar-refractivity contribution in [2.45, 2.75) is 19.9 Å². The van der Waals surface area contributed by atoms with Gasteiger partial charge in [0.15, 0.2) is 6.04 Å². The van der Waals surface area contributed by atoms with E-state index >= 15 is 0 Å². The van der Waals surface area contributed by atoms with Crippen LogP contribution >= 0.6 is 0 Å². The summed E-state index contributed by atoms with van der Waals surface area (Å²) in [5.41, 5.74) is 0. The summed E-state index contributed by atoms with van der Waals surface area (Å²) < 4.78 is 0. The maximum atomic E-state index is 11.2. The molecule has 0 aromatic rings. The maximum absolute atomic E-state index is 11.2. The number of nitrogens with one attached hydrogen (secondary N) is 3. The van der Waals surface area contributed by atoms with Gasteiger partial charge in [0.25, 0.3) is 0 Å². The molecule has 0 unspecified atom stereocenters. The fourth-order valence-electron chi connectivity index (χ4n) is 0.936. The number of amides is 3. The van der Waals surface area contributed by atoms with Gasteiger partial charge in [0.1, 0.15) is 0 Å². The van der Waals surface area contributed by atoms with Crippen molar-refractivity contribution in [2.24, 2.45) is 5.92 Å². The molecule has 8 heteroatoms. The number of hydrogen-bond acceptors (Lipinski definition) is 4. The summed E-state index contributed by atoms with van der Waals surface area (Å²) in [6, 6.07) is -2.21. The van der Waals surface area contributed by atoms with E-state index in [9.17, 15) is 14.4 Å². The Balaban J connectivity index is 3.89. The average molecular weight is 261 g/mol. The minimum Gasteiger partial charge on any atom is -0.480 e. The van der Waals surface area contributed by atoms with Gasteiger partial charge in [0.05, 0.1) is 13.2 Å². The lowest BCUT2D eigenvalue weighted by molar-refractivity contribution is -0.140. The molecule has 0 aliphatic rings. The molecule has 1 atom stereocenters. The zero-order valence-corrected chi connectivity index (χ0v) is 10.4. The van der Waals surface area contributed by atoms with Crippen LogP contribution in [0.25, 0.3) is 0 Å². The smallest absolute Gasteiger partial charge is 0.328 e. The fourth-order valence-corrected chi connectivity index (χ4v) is 0.936. The van der Waals surface area contributed by atoms with E-state index in [0.29, 0.717) is 12.5 Å². The Kier molecular flexibility index (Phi) is 7.45. The highest BCUT2D eigenvalue weighted by Gasteiger charge is 2.18. The number of carbonyl (C=O) groups is 3. The van der Waals surface area contributed by atoms with Gasteiger partial charge in [-0.05, 0) is 5.92 Å². The van der Waals surface area contributed by atoms with Gasteiger partial charge in [-0.2, -0.15) is 0 Å². The van der Waals surface area contributed by atoms with Crippen LogP contribution in [0, 0.1) is 5.92 Å². The van der Waals surface area contributed by atoms with Gasteiger partial charge in [0.2, 0.25) is 5.91 Å². The Hall–Kier alpha value is -1.83. The van der Waals surface area contributed by atoms with Crippen LogP contribution in [0.3, 0.4) is 0 Å². The van der Waals surface area contributed by atoms with Crippen LogP contribution in [0.5, 0.6) is 0 Å². The van der Waals surface area contributed by atoms with Crippen molar-refractivity contribution in [1.82, 2.24) is 16.0 Å². The molecule has 3 amide bonds. The molecule has 18 heavy (non-hydrogen) atoms. The summed E-state index contributed by atoms with van der Waals surface area (Å²) in [4.78, 5) is 32.9. The zero-order chi connectivity index (χ0) is 14.1. The van der Waals surface area contributed by atoms with E-state index in [-0.39, 0.29) is 12.5 Å². The SMILES string of the molecule is CC(C)CNC(=O)CNC(=O)N[C@@H](CO)C(=O)O. The van der Waals surface area contributed by atoms with Crippen molar-refractivity contribution < 1.29 is 24.6 Å². The van der Waals surface area contributed by atoms with Crippen molar-refractivity contribution >= 4 is 17.9 Å². The highest BCUT2D eigenvalue weighted by Crippen LogP contribution is 1.86. The third kappa shape index (κ3) is 7.44. The van der Waals surface area contributed by atoms with Crippen LogP contribution in [0.1, 0.15) is 13.8 Å². The van der Waals surface area contributed by atoms with E-state index < -0.39 is 24.6 Å². The van der Waals surface area contributed by atoms with E-state index in [0.717, 1.165) is 0 Å². The van der Waals surface area contributed by atoms with Crippen LogP contribution in [0.4, 0.5) is 4.79 Å². The molecular formula is C10H19N3O5. The Morgan fingerprint density at radius 3 is 2.22 bits per heavy atom. The first-order valence-corrected chi connectivity index (χ1v) is 5.51. The van der Waals surface area contributed by atoms with Crippen molar-refractivity contribution in [3.05, 3.63) is 0 Å². The summed E-state index contributed by atoms with van der Waals surface area (Å²) >= 11 is 0. The Morgan fingerprint density at radius 2 is 1.78 bits per heavy atom. The van der Waals surface area contributed by atoms with Crippen molar-refractivity contribution in [1.29, 1.82) is 0 Å². The van der Waals surface area contributed by atoms with E-state index in [2.05, 4.69) is 10.6 Å². The number of aliphatic carboxylic acids is 1. The highest BCUT2D eigenvalue weighted by atomic mass is 16.4. The molecule has 0 bridgehead atoms. The van der Waals surface area contributed by atoms with E-state index in [1.54, 1.807) is 0 Å². The number of aliphatic hydroxyl groups excluding tert-OH is 1. The third-order valence-corrected chi connectivity index (χ3v) is 1.90. The quantitative estimate of drug-likeness (QED) is 0.381. The number of rotatable bonds is 7. The first kappa shape index (κ1) is 16.2. The summed E-state index contributed by atoms with van der Waals surface area (Å²) in [6.07, 6.45) is 0. The number of hydrogen-bond donors (Lipinski definition) is 5. The Labute approximate surface area is 105 Å². The van der Waals surface area contributed by atoms with Gasteiger partial charge in [0, 0.05) is 6.54 Å². The molecule has 0 aliphatic heterocycles. The lowest BCUT2D eigenvalue weighted by Gasteiger charge is -2.13. The third-order valence-electron chi connectivity index (χ3n) is 1.90. The van der Waals surface area contributed by atoms with Crippen molar-refractivity contribution in [2.75, 3.05) is 19.7 Å². The van der Waals surface area contributed by atoms with Gasteiger partial charge in [-0.15, -0.1) is 0 Å². The van der Waals surface area contributed by atoms with Crippen LogP contribution in [-0.4, -0.2) is 53.9 Å². The van der Waals surface area contributed by atoms with Gasteiger partial charge in [-0.25, -0.2) is 9.59 Å². The normalized spacial score (nSPS) is 11.8. The Morgan fingerprint density at radius 1 is 1.17 bits per heavy atom. The molecule has 0 radical (unpaired) electrons. The first-order chi connectivity index (χ1) is 8.36. The highest BCUT2D eigenvalue weighted by molar-refractivity contribution is 5.86. The molecular weight excluding hydrogens is 242 g/mol. The summed E-state index contributed by atoms with van der Waals surface area (Å²) in [5.74, 6) is -1.42. The summed E-state index contributed by atoms with van der Waals surface area (Å²) in [7, 11) is 0. The maximum Gasteiger partial charge on any atom is 0.328 e. The molecule has 0 aromatic carbocycles. The van der Waals surface area contributed by atoms with Crippen molar-refractivity contribution in [3.63, 3.8) is 0 Å². The van der Waals surface area contributed by atoms with Gasteiger partial charge in [-0.3, -0.25) is 4.79 Å². The zero-order valence-electron chi connectivity index (χ0n) is 10.4. The van der Waals surface area contributed by atoms with Gasteiger partial charge >= 0.3 is 12.0 Å². The van der Waals surface area contributed by atoms with Crippen LogP contribution < -0.4 is 16.0 Å². The molecule has 0 aliphatic carbocycles. The van der Waals surface area contributed by atoms with Crippen LogP contribution in [-0.2, 0) is 9.59 Å². The monoisotopic (exact) mass is 261 g/mol. The number of carbonyl (C=O) groups excluding carboxylic acids is 2. The fraction of sp³-hybridized carbons (Fsp3) is 0.700. The lowest BCUT2D eigenvalue weighted by Crippen LogP contribution is -2.50. The number of carboxylic acids is 1. The molecule has 104 valence electrons. The van der Waals surface area contributed by atoms with E-state index in [1.165, 1.54) is 0 Å².